The molecule has 1 aromatic carbocycles. The van der Waals surface area contributed by atoms with Gasteiger partial charge in [-0.15, -0.1) is 0 Å². The maximum atomic E-state index is 13.3. The van der Waals surface area contributed by atoms with E-state index in [-0.39, 0.29) is 12.0 Å². The molecule has 0 unspecified atom stereocenters. The van der Waals surface area contributed by atoms with Crippen LogP contribution in [0.2, 0.25) is 0 Å². The van der Waals surface area contributed by atoms with Crippen molar-refractivity contribution in [1.29, 1.82) is 0 Å². The van der Waals surface area contributed by atoms with Gasteiger partial charge in [0.05, 0.1) is 18.2 Å². The van der Waals surface area contributed by atoms with Gasteiger partial charge in [0.25, 0.3) is 5.91 Å². The van der Waals surface area contributed by atoms with Crippen molar-refractivity contribution in [2.75, 3.05) is 31.3 Å². The highest BCUT2D eigenvalue weighted by atomic mass is 16.6. The Balaban J connectivity index is 1.68. The predicted octanol–water partition coefficient (Wildman–Crippen LogP) is 2.68. The minimum absolute atomic E-state index is 0.0498. The number of amides is 1. The summed E-state index contributed by atoms with van der Waals surface area (Å²) in [6.45, 7) is 2.20. The first-order valence-electron chi connectivity index (χ1n) is 8.55. The van der Waals surface area contributed by atoms with Crippen molar-refractivity contribution in [2.45, 2.75) is 18.9 Å². The van der Waals surface area contributed by atoms with E-state index in [1.807, 2.05) is 24.3 Å². The molecule has 0 saturated carbocycles. The minimum Gasteiger partial charge on any atom is -0.486 e. The molecular formula is C19H20N2O4. The largest absolute Gasteiger partial charge is 0.486 e. The predicted molar refractivity (Wildman–Crippen MR) is 92.3 cm³/mol. The van der Waals surface area contributed by atoms with E-state index in [2.05, 4.69) is 4.98 Å². The number of carbonyl (C=O) groups is 1. The molecule has 6 heteroatoms. The molecule has 1 aromatic heterocycles. The third-order valence-corrected chi connectivity index (χ3v) is 4.43. The molecule has 0 aliphatic carbocycles. The highest BCUT2D eigenvalue weighted by Gasteiger charge is 2.28. The van der Waals surface area contributed by atoms with Crippen molar-refractivity contribution in [1.82, 2.24) is 4.98 Å². The molecule has 2 aromatic rings. The molecule has 1 saturated heterocycles. The lowest BCUT2D eigenvalue weighted by molar-refractivity contribution is 0.0908. The van der Waals surface area contributed by atoms with Gasteiger partial charge in [-0.25, -0.2) is 0 Å². The van der Waals surface area contributed by atoms with Crippen LogP contribution in [0.25, 0.3) is 0 Å². The lowest BCUT2D eigenvalue weighted by Gasteiger charge is -2.27. The first-order valence-corrected chi connectivity index (χ1v) is 8.55. The highest BCUT2D eigenvalue weighted by Crippen LogP contribution is 2.35. The molecule has 0 bridgehead atoms. The number of hydrogen-bond acceptors (Lipinski definition) is 5. The van der Waals surface area contributed by atoms with Crippen molar-refractivity contribution >= 4 is 11.6 Å². The summed E-state index contributed by atoms with van der Waals surface area (Å²) in [4.78, 5) is 19.1. The van der Waals surface area contributed by atoms with Gasteiger partial charge in [-0.1, -0.05) is 6.07 Å². The average Bonchev–Trinajstić information content (AvgIpc) is 3.19. The van der Waals surface area contributed by atoms with Crippen LogP contribution in [0.5, 0.6) is 11.5 Å². The van der Waals surface area contributed by atoms with Gasteiger partial charge in [-0.3, -0.25) is 9.78 Å². The summed E-state index contributed by atoms with van der Waals surface area (Å²) >= 11 is 0. The van der Waals surface area contributed by atoms with Gasteiger partial charge in [0, 0.05) is 24.7 Å². The number of nitrogens with zero attached hydrogens (tertiary/aromatic N) is 2. The molecule has 4 rings (SSSR count). The first kappa shape index (κ1) is 15.9. The quantitative estimate of drug-likeness (QED) is 0.856. The number of pyridine rings is 1. The fourth-order valence-corrected chi connectivity index (χ4v) is 3.21. The Morgan fingerprint density at radius 1 is 1.12 bits per heavy atom. The van der Waals surface area contributed by atoms with Gasteiger partial charge >= 0.3 is 0 Å². The second-order valence-electron chi connectivity index (χ2n) is 6.09. The van der Waals surface area contributed by atoms with Crippen LogP contribution in [-0.2, 0) is 4.74 Å². The maximum Gasteiger partial charge on any atom is 0.262 e. The fourth-order valence-electron chi connectivity index (χ4n) is 3.21. The first-order chi connectivity index (χ1) is 12.3. The van der Waals surface area contributed by atoms with E-state index in [1.54, 1.807) is 23.4 Å². The summed E-state index contributed by atoms with van der Waals surface area (Å²) in [6.07, 6.45) is 5.41. The van der Waals surface area contributed by atoms with Gasteiger partial charge in [0.15, 0.2) is 11.5 Å². The Morgan fingerprint density at radius 2 is 1.96 bits per heavy atom. The number of ether oxygens (including phenoxy) is 3. The molecule has 25 heavy (non-hydrogen) atoms. The third-order valence-electron chi connectivity index (χ3n) is 4.43. The van der Waals surface area contributed by atoms with E-state index in [4.69, 9.17) is 14.2 Å². The number of carbonyl (C=O) groups excluding carboxylic acids is 1. The number of para-hydroxylation sites is 1. The summed E-state index contributed by atoms with van der Waals surface area (Å²) in [7, 11) is 0. The maximum absolute atomic E-state index is 13.3. The molecule has 3 heterocycles. The number of anilines is 1. The van der Waals surface area contributed by atoms with E-state index in [0.717, 1.165) is 25.1 Å². The van der Waals surface area contributed by atoms with Crippen LogP contribution in [0.15, 0.2) is 42.7 Å². The van der Waals surface area contributed by atoms with Crippen LogP contribution in [0, 0.1) is 0 Å². The zero-order valence-corrected chi connectivity index (χ0v) is 13.9. The van der Waals surface area contributed by atoms with Crippen molar-refractivity contribution < 1.29 is 19.0 Å². The van der Waals surface area contributed by atoms with Crippen LogP contribution in [0.4, 0.5) is 5.69 Å². The van der Waals surface area contributed by atoms with Crippen molar-refractivity contribution in [3.63, 3.8) is 0 Å². The Labute approximate surface area is 146 Å². The molecule has 130 valence electrons. The topological polar surface area (TPSA) is 60.9 Å². The summed E-state index contributed by atoms with van der Waals surface area (Å²) < 4.78 is 17.1. The van der Waals surface area contributed by atoms with Gasteiger partial charge in [-0.2, -0.15) is 0 Å². The van der Waals surface area contributed by atoms with Crippen molar-refractivity contribution in [3.05, 3.63) is 48.3 Å². The van der Waals surface area contributed by atoms with E-state index in [9.17, 15) is 4.79 Å². The third kappa shape index (κ3) is 3.30. The van der Waals surface area contributed by atoms with E-state index < -0.39 is 0 Å². The van der Waals surface area contributed by atoms with Crippen LogP contribution < -0.4 is 14.4 Å². The Bertz CT molecular complexity index is 744. The SMILES string of the molecule is O=C(c1cccc2c1OCCO2)N(C[C@@H]1CCCO1)c1ccncc1. The van der Waals surface area contributed by atoms with Crippen LogP contribution in [-0.4, -0.2) is 43.4 Å². The monoisotopic (exact) mass is 340 g/mol. The average molecular weight is 340 g/mol. The fraction of sp³-hybridized carbons (Fsp3) is 0.368. The molecule has 0 spiro atoms. The Hall–Kier alpha value is -2.60. The second-order valence-corrected chi connectivity index (χ2v) is 6.09. The van der Waals surface area contributed by atoms with Crippen LogP contribution in [0.3, 0.4) is 0 Å². The summed E-state index contributed by atoms with van der Waals surface area (Å²) in [6, 6.07) is 9.08. The van der Waals surface area contributed by atoms with Crippen LogP contribution >= 0.6 is 0 Å². The number of fused-ring (bicyclic) bond motifs is 1. The van der Waals surface area contributed by atoms with Gasteiger partial charge in [-0.05, 0) is 37.1 Å². The summed E-state index contributed by atoms with van der Waals surface area (Å²) in [5.41, 5.74) is 1.30. The molecule has 2 aliphatic rings. The Morgan fingerprint density at radius 3 is 2.76 bits per heavy atom. The summed E-state index contributed by atoms with van der Waals surface area (Å²) in [5, 5.41) is 0. The lowest BCUT2D eigenvalue weighted by atomic mass is 10.1. The minimum atomic E-state index is -0.121. The normalized spacial score (nSPS) is 18.8. The number of aromatic nitrogens is 1. The molecule has 2 aliphatic heterocycles. The molecule has 1 fully saturated rings. The Kier molecular flexibility index (Phi) is 4.52. The molecule has 0 radical (unpaired) electrons. The zero-order chi connectivity index (χ0) is 17.1. The molecule has 1 atom stereocenters. The van der Waals surface area contributed by atoms with Crippen LogP contribution in [0.1, 0.15) is 23.2 Å². The smallest absolute Gasteiger partial charge is 0.262 e. The number of hydrogen-bond donors (Lipinski definition) is 0. The van der Waals surface area contributed by atoms with Gasteiger partial charge < -0.3 is 19.1 Å². The highest BCUT2D eigenvalue weighted by molar-refractivity contribution is 6.08. The van der Waals surface area contributed by atoms with E-state index in [1.165, 1.54) is 0 Å². The van der Waals surface area contributed by atoms with E-state index in [0.29, 0.717) is 36.8 Å². The van der Waals surface area contributed by atoms with Gasteiger partial charge in [0.2, 0.25) is 0 Å². The molecule has 0 N–H and O–H groups in total. The van der Waals surface area contributed by atoms with Crippen molar-refractivity contribution in [3.8, 4) is 11.5 Å². The standard InChI is InChI=1S/C19H20N2O4/c22-19(16-4-1-5-17-18(16)25-12-11-24-17)21(13-15-3-2-10-23-15)14-6-8-20-9-7-14/h1,4-9,15H,2-3,10-13H2/t15-/m0/s1. The summed E-state index contributed by atoms with van der Waals surface area (Å²) in [5.74, 6) is 1.01. The molecule has 6 nitrogen and oxygen atoms in total. The van der Waals surface area contributed by atoms with E-state index >= 15 is 0 Å². The lowest BCUT2D eigenvalue weighted by Crippen LogP contribution is -2.38. The molecule has 1 amide bonds. The van der Waals surface area contributed by atoms with Gasteiger partial charge in [0.1, 0.15) is 13.2 Å². The number of benzene rings is 1. The second kappa shape index (κ2) is 7.11. The van der Waals surface area contributed by atoms with Crippen molar-refractivity contribution in [2.24, 2.45) is 0 Å². The zero-order valence-electron chi connectivity index (χ0n) is 13.9. The number of rotatable bonds is 4. The molecular weight excluding hydrogens is 320 g/mol.